The maximum atomic E-state index is 4.50. The van der Waals surface area contributed by atoms with E-state index in [-0.39, 0.29) is 14.1 Å². The Bertz CT molecular complexity index is 793. The van der Waals surface area contributed by atoms with Crippen LogP contribution in [0.2, 0.25) is 0 Å². The number of benzene rings is 1. The van der Waals surface area contributed by atoms with Gasteiger partial charge < -0.3 is 15.4 Å². The van der Waals surface area contributed by atoms with Gasteiger partial charge >= 0.3 is 14.1 Å². The van der Waals surface area contributed by atoms with Gasteiger partial charge in [0.2, 0.25) is 0 Å². The second-order valence-electron chi connectivity index (χ2n) is 5.37. The van der Waals surface area contributed by atoms with Gasteiger partial charge in [0.15, 0.2) is 11.8 Å². The third-order valence-electron chi connectivity index (χ3n) is 3.92. The normalized spacial score (nSPS) is 15.1. The molecule has 4 rings (SSSR count). The highest BCUT2D eigenvalue weighted by Gasteiger charge is 2.36. The molecule has 22 heavy (non-hydrogen) atoms. The second kappa shape index (κ2) is 5.60. The molecule has 3 N–H and O–H groups in total. The topological polar surface area (TPSA) is 57.8 Å². The average Bonchev–Trinajstić information content (AvgIpc) is 2.93. The van der Waals surface area contributed by atoms with Crippen molar-refractivity contribution in [3.63, 3.8) is 0 Å². The number of aromatic nitrogens is 3. The van der Waals surface area contributed by atoms with E-state index in [1.165, 1.54) is 5.46 Å². The highest BCUT2D eigenvalue weighted by atomic mass is 15.2. The summed E-state index contributed by atoms with van der Waals surface area (Å²) >= 11 is 0. The smallest absolute Gasteiger partial charge is 0.371 e. The zero-order chi connectivity index (χ0) is 14.9. The first-order valence-corrected chi connectivity index (χ1v) is 7.29. The Labute approximate surface area is 130 Å². The molecule has 3 aromatic rings. The molecule has 0 aliphatic carbocycles. The Morgan fingerprint density at radius 1 is 1.14 bits per heavy atom. The lowest BCUT2D eigenvalue weighted by Crippen LogP contribution is -2.82. The molecule has 0 amide bonds. The molecule has 1 aliphatic rings. The molecule has 3 heterocycles. The Morgan fingerprint density at radius 2 is 2.00 bits per heavy atom. The maximum absolute atomic E-state index is 4.50. The summed E-state index contributed by atoms with van der Waals surface area (Å²) in [7, 11) is 3.85. The molecule has 1 aliphatic heterocycles. The number of nitrogens with one attached hydrogen (secondary N) is 3. The van der Waals surface area contributed by atoms with Gasteiger partial charge in [0.25, 0.3) is 13.2 Å². The van der Waals surface area contributed by atoms with Crippen molar-refractivity contribution >= 4 is 38.3 Å². The molecule has 1 saturated heterocycles. The number of hydrogen-bond acceptors (Lipinski definition) is 4. The molecule has 105 valence electrons. The van der Waals surface area contributed by atoms with Gasteiger partial charge in [-0.1, -0.05) is 30.3 Å². The van der Waals surface area contributed by atoms with Crippen LogP contribution in [0.15, 0.2) is 55.0 Å². The van der Waals surface area contributed by atoms with Crippen molar-refractivity contribution in [2.45, 2.75) is 0 Å². The highest BCUT2D eigenvalue weighted by Crippen LogP contribution is 2.05. The van der Waals surface area contributed by atoms with Crippen LogP contribution in [-0.4, -0.2) is 31.2 Å². The van der Waals surface area contributed by atoms with Crippen LogP contribution < -0.4 is 25.4 Å². The lowest BCUT2D eigenvalue weighted by molar-refractivity contribution is -0.515. The van der Waals surface area contributed by atoms with Gasteiger partial charge in [-0.2, -0.15) is 0 Å². The van der Waals surface area contributed by atoms with Crippen LogP contribution >= 0.6 is 0 Å². The molecule has 0 bridgehead atoms. The summed E-state index contributed by atoms with van der Waals surface area (Å²) in [6.45, 7) is 0.0546. The summed E-state index contributed by atoms with van der Waals surface area (Å²) in [5, 5.41) is 10.2. The number of imidazole rings is 1. The van der Waals surface area contributed by atoms with Crippen molar-refractivity contribution in [3.8, 4) is 0 Å². The number of aryl methyl sites for hydroxylation is 1. The molecule has 1 fully saturated rings. The van der Waals surface area contributed by atoms with E-state index in [2.05, 4.69) is 47.6 Å². The zero-order valence-corrected chi connectivity index (χ0v) is 12.3. The number of hydrogen-bond donors (Lipinski definition) is 3. The first-order valence-electron chi connectivity index (χ1n) is 7.29. The van der Waals surface area contributed by atoms with E-state index in [1.807, 2.05) is 51.4 Å². The average molecular weight is 288 g/mol. The molecule has 0 saturated carbocycles. The molecule has 0 spiro atoms. The summed E-state index contributed by atoms with van der Waals surface area (Å²) in [6, 6.07) is 14.3. The van der Waals surface area contributed by atoms with Gasteiger partial charge in [-0.25, -0.2) is 0 Å². The molecule has 2 aromatic heterocycles. The van der Waals surface area contributed by atoms with Crippen LogP contribution in [0.1, 0.15) is 0 Å². The number of nitrogens with zero attached hydrogens (tertiary/aromatic N) is 3. The molecule has 0 atom stereocenters. The van der Waals surface area contributed by atoms with Crippen LogP contribution in [0.3, 0.4) is 0 Å². The van der Waals surface area contributed by atoms with Crippen LogP contribution in [0, 0.1) is 0 Å². The molecular weight excluding hydrogens is 273 g/mol. The van der Waals surface area contributed by atoms with Gasteiger partial charge in [0.1, 0.15) is 6.20 Å². The van der Waals surface area contributed by atoms with Gasteiger partial charge in [-0.3, -0.25) is 9.05 Å². The van der Waals surface area contributed by atoms with Crippen LogP contribution in [0.4, 0.5) is 0 Å². The number of pyridine rings is 1. The Morgan fingerprint density at radius 3 is 2.86 bits per heavy atom. The molecule has 6 nitrogen and oxygen atoms in total. The lowest BCUT2D eigenvalue weighted by atomic mass is 9.57. The number of rotatable bonds is 2. The van der Waals surface area contributed by atoms with Crippen molar-refractivity contribution in [3.05, 3.63) is 55.0 Å². The Kier molecular flexibility index (Phi) is 3.46. The van der Waals surface area contributed by atoms with Gasteiger partial charge in [0, 0.05) is 0 Å². The molecule has 9 heteroatoms. The molecular formula is C13H15B3N6+. The van der Waals surface area contributed by atoms with E-state index in [1.54, 1.807) is 0 Å². The maximum Gasteiger partial charge on any atom is 0.500 e. The minimum absolute atomic E-state index is 0.0546. The summed E-state index contributed by atoms with van der Waals surface area (Å²) in [5.74, 6) is 0. The van der Waals surface area contributed by atoms with Gasteiger partial charge in [-0.15, -0.1) is 4.98 Å². The van der Waals surface area contributed by atoms with E-state index in [4.69, 9.17) is 0 Å². The van der Waals surface area contributed by atoms with E-state index < -0.39 is 0 Å². The first kappa shape index (κ1) is 13.6. The predicted octanol–water partition coefficient (Wildman–Crippen LogP) is -1.59. The van der Waals surface area contributed by atoms with Gasteiger partial charge in [0.05, 0.1) is 7.05 Å². The van der Waals surface area contributed by atoms with Crippen molar-refractivity contribution in [1.29, 1.82) is 0 Å². The summed E-state index contributed by atoms with van der Waals surface area (Å²) in [5.41, 5.74) is 3.23. The standard InChI is InChI=1S/C13H15B3N6/c1-21-10-22(13-12(21)8-5-9-17-13)16-19-14-18-15(20-16)11-6-3-2-4-7-11/h2-10,18-20H,1H3/q+1. The van der Waals surface area contributed by atoms with Crippen LogP contribution in [0.5, 0.6) is 0 Å². The fourth-order valence-electron chi connectivity index (χ4n) is 2.82. The monoisotopic (exact) mass is 288 g/mol. The SMILES string of the molecule is Cn1c[n+](B2N[B]NB(c3ccccc3)N2)c2ncccc21. The third kappa shape index (κ3) is 2.33. The van der Waals surface area contributed by atoms with Crippen LogP contribution in [0.25, 0.3) is 11.2 Å². The van der Waals surface area contributed by atoms with E-state index >= 15 is 0 Å². The Hall–Kier alpha value is -2.09. The van der Waals surface area contributed by atoms with Crippen LogP contribution in [-0.2, 0) is 7.05 Å². The Balaban J connectivity index is 1.67. The minimum Gasteiger partial charge on any atom is -0.371 e. The quantitative estimate of drug-likeness (QED) is 0.497. The molecule has 1 radical (unpaired) electrons. The third-order valence-corrected chi connectivity index (χ3v) is 3.92. The fraction of sp³-hybridized carbons (Fsp3) is 0.0769. The number of fused-ring (bicyclic) bond motifs is 1. The summed E-state index contributed by atoms with van der Waals surface area (Å²) in [6.07, 6.45) is 3.86. The van der Waals surface area contributed by atoms with E-state index in [9.17, 15) is 0 Å². The second-order valence-corrected chi connectivity index (χ2v) is 5.37. The van der Waals surface area contributed by atoms with E-state index in [0.29, 0.717) is 0 Å². The van der Waals surface area contributed by atoms with Crippen molar-refractivity contribution in [2.24, 2.45) is 7.05 Å². The largest absolute Gasteiger partial charge is 0.500 e. The van der Waals surface area contributed by atoms with Crippen molar-refractivity contribution < 1.29 is 4.48 Å². The minimum atomic E-state index is -0.0648. The van der Waals surface area contributed by atoms with E-state index in [0.717, 1.165) is 11.2 Å². The predicted molar refractivity (Wildman–Crippen MR) is 89.1 cm³/mol. The summed E-state index contributed by atoms with van der Waals surface area (Å²) < 4.78 is 4.17. The van der Waals surface area contributed by atoms with Crippen molar-refractivity contribution in [2.75, 3.05) is 0 Å². The molecule has 0 unspecified atom stereocenters. The van der Waals surface area contributed by atoms with Gasteiger partial charge in [-0.05, 0) is 17.6 Å². The summed E-state index contributed by atoms with van der Waals surface area (Å²) in [4.78, 5) is 4.50. The van der Waals surface area contributed by atoms with Crippen molar-refractivity contribution in [1.82, 2.24) is 25.0 Å². The fourth-order valence-corrected chi connectivity index (χ4v) is 2.82. The highest BCUT2D eigenvalue weighted by molar-refractivity contribution is 6.85. The lowest BCUT2D eigenvalue weighted by Gasteiger charge is -2.25. The zero-order valence-electron chi connectivity index (χ0n) is 12.3. The molecule has 1 aromatic carbocycles. The first-order chi connectivity index (χ1) is 10.8.